The van der Waals surface area contributed by atoms with Crippen molar-refractivity contribution in [2.45, 2.75) is 38.6 Å². The highest BCUT2D eigenvalue weighted by molar-refractivity contribution is 7.10. The van der Waals surface area contributed by atoms with Gasteiger partial charge in [0.25, 0.3) is 0 Å². The largest absolute Gasteiger partial charge is 0.330 e. The van der Waals surface area contributed by atoms with Crippen LogP contribution in [0.4, 0.5) is 5.00 Å². The Morgan fingerprint density at radius 2 is 2.21 bits per heavy atom. The van der Waals surface area contributed by atoms with Crippen molar-refractivity contribution >= 4 is 28.3 Å². The molecule has 0 unspecified atom stereocenters. The van der Waals surface area contributed by atoms with Gasteiger partial charge in [-0.25, -0.2) is 9.97 Å². The number of carbonyl (C=O) groups is 2. The molecule has 7 nitrogen and oxygen atoms in total. The van der Waals surface area contributed by atoms with Crippen LogP contribution in [-0.2, 0) is 22.6 Å². The molecule has 124 valence electrons. The fourth-order valence-corrected chi connectivity index (χ4v) is 3.43. The van der Waals surface area contributed by atoms with E-state index in [1.165, 1.54) is 24.4 Å². The number of nitrogens with zero attached hydrogens (tertiary/aromatic N) is 4. The minimum Gasteiger partial charge on any atom is -0.330 e. The van der Waals surface area contributed by atoms with Gasteiger partial charge in [0.15, 0.2) is 0 Å². The summed E-state index contributed by atoms with van der Waals surface area (Å²) in [4.78, 5) is 35.1. The highest BCUT2D eigenvalue weighted by Gasteiger charge is 2.30. The molecule has 1 fully saturated rings. The van der Waals surface area contributed by atoms with Gasteiger partial charge >= 0.3 is 11.8 Å². The Hall–Kier alpha value is -2.35. The Morgan fingerprint density at radius 1 is 1.38 bits per heavy atom. The van der Waals surface area contributed by atoms with E-state index in [9.17, 15) is 9.59 Å². The average molecular weight is 343 g/mol. The highest BCUT2D eigenvalue weighted by atomic mass is 32.1. The lowest BCUT2D eigenvalue weighted by Crippen LogP contribution is -2.42. The zero-order valence-electron chi connectivity index (χ0n) is 13.3. The van der Waals surface area contributed by atoms with Gasteiger partial charge in [-0.15, -0.1) is 0 Å². The fraction of sp³-hybridized carbons (Fsp3) is 0.438. The summed E-state index contributed by atoms with van der Waals surface area (Å²) in [7, 11) is 0. The molecule has 8 heteroatoms. The number of amides is 2. The number of carbonyl (C=O) groups excluding carboxylic acids is 2. The molecular weight excluding hydrogens is 326 g/mol. The van der Waals surface area contributed by atoms with Crippen molar-refractivity contribution in [2.75, 3.05) is 11.9 Å². The number of aromatic nitrogens is 3. The predicted octanol–water partition coefficient (Wildman–Crippen LogP) is 1.64. The summed E-state index contributed by atoms with van der Waals surface area (Å²) in [5.41, 5.74) is 2.76. The topological polar surface area (TPSA) is 88.1 Å². The third kappa shape index (κ3) is 3.01. The van der Waals surface area contributed by atoms with Crippen molar-refractivity contribution < 1.29 is 9.59 Å². The minimum absolute atomic E-state index is 0.383. The molecule has 1 aliphatic heterocycles. The van der Waals surface area contributed by atoms with E-state index < -0.39 is 11.8 Å². The van der Waals surface area contributed by atoms with Gasteiger partial charge in [0.1, 0.15) is 10.8 Å². The Kier molecular flexibility index (Phi) is 3.76. The van der Waals surface area contributed by atoms with Crippen LogP contribution >= 0.6 is 11.5 Å². The van der Waals surface area contributed by atoms with Crippen LogP contribution in [0.1, 0.15) is 41.5 Å². The van der Waals surface area contributed by atoms with Gasteiger partial charge in [-0.05, 0) is 37.4 Å². The molecule has 4 rings (SSSR count). The van der Waals surface area contributed by atoms with Crippen LogP contribution in [0.3, 0.4) is 0 Å². The molecule has 3 heterocycles. The molecule has 2 aliphatic rings. The number of hydrogen-bond acceptors (Lipinski definition) is 6. The molecule has 2 aromatic heterocycles. The Balaban J connectivity index is 1.43. The minimum atomic E-state index is -0.627. The molecule has 0 spiro atoms. The average Bonchev–Trinajstić information content (AvgIpc) is 3.36. The van der Waals surface area contributed by atoms with E-state index in [0.29, 0.717) is 30.4 Å². The first kappa shape index (κ1) is 15.2. The maximum Gasteiger partial charge on any atom is 0.314 e. The maximum absolute atomic E-state index is 12.4. The van der Waals surface area contributed by atoms with E-state index in [1.54, 1.807) is 17.2 Å². The molecule has 0 saturated heterocycles. The van der Waals surface area contributed by atoms with Crippen LogP contribution in [0.15, 0.2) is 12.3 Å². The lowest BCUT2D eigenvalue weighted by molar-refractivity contribution is -0.143. The molecule has 1 N–H and O–H groups in total. The standard InChI is InChI=1S/C16H17N5O2S/c1-9-6-13(24-20-9)19-15(22)16(23)21-5-4-12-11(8-21)7-17-14(18-12)10-2-3-10/h6-7,10H,2-5,8H2,1H3,(H,19,22). The molecular formula is C16H17N5O2S. The summed E-state index contributed by atoms with van der Waals surface area (Å²) >= 11 is 1.17. The first-order chi connectivity index (χ1) is 11.6. The second-order valence-electron chi connectivity index (χ2n) is 6.24. The number of aryl methyl sites for hydroxylation is 1. The van der Waals surface area contributed by atoms with E-state index in [1.807, 2.05) is 6.92 Å². The van der Waals surface area contributed by atoms with E-state index in [0.717, 1.165) is 22.8 Å². The van der Waals surface area contributed by atoms with Crippen LogP contribution < -0.4 is 5.32 Å². The monoisotopic (exact) mass is 343 g/mol. The summed E-state index contributed by atoms with van der Waals surface area (Å²) in [6.45, 7) is 2.72. The van der Waals surface area contributed by atoms with Crippen LogP contribution in [0.25, 0.3) is 0 Å². The van der Waals surface area contributed by atoms with Gasteiger partial charge in [-0.3, -0.25) is 9.59 Å². The van der Waals surface area contributed by atoms with Gasteiger partial charge in [-0.1, -0.05) is 0 Å². The Bertz CT molecular complexity index is 815. The van der Waals surface area contributed by atoms with Crippen LogP contribution in [-0.4, -0.2) is 37.6 Å². The maximum atomic E-state index is 12.4. The zero-order valence-corrected chi connectivity index (χ0v) is 14.1. The van der Waals surface area contributed by atoms with Gasteiger partial charge in [0, 0.05) is 37.2 Å². The second kappa shape index (κ2) is 5.94. The first-order valence-electron chi connectivity index (χ1n) is 7.98. The third-order valence-corrected chi connectivity index (χ3v) is 5.04. The van der Waals surface area contributed by atoms with Crippen LogP contribution in [0, 0.1) is 6.92 Å². The third-order valence-electron chi connectivity index (χ3n) is 4.24. The first-order valence-corrected chi connectivity index (χ1v) is 8.76. The summed E-state index contributed by atoms with van der Waals surface area (Å²) in [6.07, 6.45) is 4.80. The van der Waals surface area contributed by atoms with Crippen LogP contribution in [0.5, 0.6) is 0 Å². The Morgan fingerprint density at radius 3 is 2.92 bits per heavy atom. The van der Waals surface area contributed by atoms with Crippen molar-refractivity contribution in [3.8, 4) is 0 Å². The summed E-state index contributed by atoms with van der Waals surface area (Å²) in [5.74, 6) is 0.283. The molecule has 24 heavy (non-hydrogen) atoms. The number of anilines is 1. The molecule has 0 aromatic carbocycles. The molecule has 1 saturated carbocycles. The molecule has 0 bridgehead atoms. The molecule has 0 atom stereocenters. The second-order valence-corrected chi connectivity index (χ2v) is 7.04. The van der Waals surface area contributed by atoms with E-state index in [-0.39, 0.29) is 0 Å². The smallest absolute Gasteiger partial charge is 0.314 e. The molecule has 1 aliphatic carbocycles. The summed E-state index contributed by atoms with van der Waals surface area (Å²) < 4.78 is 4.08. The van der Waals surface area contributed by atoms with Gasteiger partial charge in [0.2, 0.25) is 0 Å². The lowest BCUT2D eigenvalue weighted by Gasteiger charge is -2.27. The quantitative estimate of drug-likeness (QED) is 0.838. The van der Waals surface area contributed by atoms with Crippen molar-refractivity contribution in [3.63, 3.8) is 0 Å². The van der Waals surface area contributed by atoms with Gasteiger partial charge in [-0.2, -0.15) is 4.37 Å². The van der Waals surface area contributed by atoms with Crippen LogP contribution in [0.2, 0.25) is 0 Å². The zero-order chi connectivity index (χ0) is 16.7. The van der Waals surface area contributed by atoms with Crippen molar-refractivity contribution in [2.24, 2.45) is 0 Å². The predicted molar refractivity (Wildman–Crippen MR) is 88.6 cm³/mol. The summed E-state index contributed by atoms with van der Waals surface area (Å²) in [5, 5.41) is 3.19. The van der Waals surface area contributed by atoms with E-state index in [2.05, 4.69) is 19.7 Å². The Labute approximate surface area is 143 Å². The molecule has 2 aromatic rings. The number of hydrogen-bond donors (Lipinski definition) is 1. The molecule has 2 amide bonds. The van der Waals surface area contributed by atoms with Crippen molar-refractivity contribution in [3.05, 3.63) is 35.0 Å². The number of nitrogens with one attached hydrogen (secondary N) is 1. The van der Waals surface area contributed by atoms with Crippen molar-refractivity contribution in [1.82, 2.24) is 19.2 Å². The molecule has 0 radical (unpaired) electrons. The number of fused-ring (bicyclic) bond motifs is 1. The van der Waals surface area contributed by atoms with E-state index >= 15 is 0 Å². The fourth-order valence-electron chi connectivity index (χ4n) is 2.77. The van der Waals surface area contributed by atoms with Gasteiger partial charge < -0.3 is 10.2 Å². The normalized spacial score (nSPS) is 16.6. The number of rotatable bonds is 2. The lowest BCUT2D eigenvalue weighted by atomic mass is 10.1. The van der Waals surface area contributed by atoms with E-state index in [4.69, 9.17) is 0 Å². The van der Waals surface area contributed by atoms with Gasteiger partial charge in [0.05, 0.1) is 11.4 Å². The summed E-state index contributed by atoms with van der Waals surface area (Å²) in [6, 6.07) is 1.74. The SMILES string of the molecule is Cc1cc(NC(=O)C(=O)N2CCc3nc(C4CC4)ncc3C2)sn1. The highest BCUT2D eigenvalue weighted by Crippen LogP contribution is 2.38. The van der Waals surface area contributed by atoms with Crippen molar-refractivity contribution in [1.29, 1.82) is 0 Å².